The van der Waals surface area contributed by atoms with Crippen LogP contribution in [-0.2, 0) is 4.74 Å². The Morgan fingerprint density at radius 2 is 1.93 bits per heavy atom. The van der Waals surface area contributed by atoms with Gasteiger partial charge in [-0.15, -0.1) is 0 Å². The van der Waals surface area contributed by atoms with Gasteiger partial charge < -0.3 is 19.5 Å². The number of morpholine rings is 1. The van der Waals surface area contributed by atoms with Gasteiger partial charge in [0.2, 0.25) is 5.43 Å². The Morgan fingerprint density at radius 3 is 2.62 bits per heavy atom. The van der Waals surface area contributed by atoms with Crippen molar-refractivity contribution in [2.75, 3.05) is 31.2 Å². The average molecular weight is 420 g/mol. The van der Waals surface area contributed by atoms with Crippen LogP contribution < -0.4 is 15.1 Å². The van der Waals surface area contributed by atoms with Crippen molar-refractivity contribution in [1.29, 1.82) is 0 Å². The predicted molar refractivity (Wildman–Crippen MR) is 104 cm³/mol. The molecule has 1 N–H and O–H groups in total. The summed E-state index contributed by atoms with van der Waals surface area (Å²) in [7, 11) is 0. The lowest BCUT2D eigenvalue weighted by Gasteiger charge is -2.31. The molecule has 0 aliphatic carbocycles. The van der Waals surface area contributed by atoms with E-state index in [0.717, 1.165) is 11.8 Å². The molecule has 1 saturated heterocycles. The second-order valence-corrected chi connectivity index (χ2v) is 6.64. The number of hydrogen-bond acceptors (Lipinski definition) is 6. The number of aromatic nitrogens is 2. The van der Waals surface area contributed by atoms with Crippen molar-refractivity contribution in [2.45, 2.75) is 0 Å². The maximum atomic E-state index is 14.0. The lowest BCUT2D eigenvalue weighted by atomic mass is 10.2. The van der Waals surface area contributed by atoms with E-state index in [4.69, 9.17) is 21.4 Å². The fourth-order valence-corrected chi connectivity index (χ4v) is 3.40. The van der Waals surface area contributed by atoms with E-state index in [0.29, 0.717) is 32.0 Å². The molecule has 150 valence electrons. The van der Waals surface area contributed by atoms with Crippen molar-refractivity contribution in [1.82, 2.24) is 9.55 Å². The summed E-state index contributed by atoms with van der Waals surface area (Å²) < 4.78 is 25.5. The molecule has 0 radical (unpaired) electrons. The normalized spacial score (nSPS) is 14.2. The number of fused-ring (bicyclic) bond motifs is 1. The van der Waals surface area contributed by atoms with Gasteiger partial charge >= 0.3 is 6.16 Å². The van der Waals surface area contributed by atoms with Crippen LogP contribution in [0.4, 0.5) is 14.9 Å². The van der Waals surface area contributed by atoms with Crippen LogP contribution in [-0.4, -0.2) is 47.1 Å². The van der Waals surface area contributed by atoms with E-state index in [9.17, 15) is 14.0 Å². The van der Waals surface area contributed by atoms with Gasteiger partial charge in [0, 0.05) is 13.1 Å². The van der Waals surface area contributed by atoms with Crippen LogP contribution in [0.1, 0.15) is 0 Å². The third-order valence-electron chi connectivity index (χ3n) is 4.55. The van der Waals surface area contributed by atoms with Crippen molar-refractivity contribution in [3.8, 4) is 11.4 Å². The SMILES string of the molecule is O=C(O)Oc1cn(-c2ccccc2N2CCOCC2)c2nc(Cl)c(F)cc2c1=O. The maximum Gasteiger partial charge on any atom is 0.511 e. The van der Waals surface area contributed by atoms with E-state index in [1.165, 1.54) is 10.8 Å². The first kappa shape index (κ1) is 19.2. The number of pyridine rings is 2. The fraction of sp³-hybridized carbons (Fsp3) is 0.211. The number of nitrogens with zero attached hydrogens (tertiary/aromatic N) is 3. The summed E-state index contributed by atoms with van der Waals surface area (Å²) >= 11 is 5.86. The average Bonchev–Trinajstić information content (AvgIpc) is 2.72. The molecule has 1 fully saturated rings. The van der Waals surface area contributed by atoms with E-state index in [2.05, 4.69) is 14.6 Å². The summed E-state index contributed by atoms with van der Waals surface area (Å²) in [6.45, 7) is 2.41. The number of benzene rings is 1. The molecule has 29 heavy (non-hydrogen) atoms. The van der Waals surface area contributed by atoms with Gasteiger partial charge in [-0.25, -0.2) is 14.2 Å². The number of para-hydroxylation sites is 2. The second-order valence-electron chi connectivity index (χ2n) is 6.28. The Morgan fingerprint density at radius 1 is 1.24 bits per heavy atom. The minimum atomic E-state index is -1.66. The molecule has 10 heteroatoms. The zero-order chi connectivity index (χ0) is 20.5. The number of hydrogen-bond donors (Lipinski definition) is 1. The molecule has 1 aliphatic rings. The van der Waals surface area contributed by atoms with E-state index < -0.39 is 28.3 Å². The number of rotatable bonds is 3. The van der Waals surface area contributed by atoms with Gasteiger partial charge in [-0.05, 0) is 18.2 Å². The van der Waals surface area contributed by atoms with Crippen LogP contribution in [0, 0.1) is 5.82 Å². The van der Waals surface area contributed by atoms with Gasteiger partial charge in [-0.1, -0.05) is 23.7 Å². The number of halogens is 2. The summed E-state index contributed by atoms with van der Waals surface area (Å²) in [6, 6.07) is 8.22. The molecule has 1 aliphatic heterocycles. The Bertz CT molecular complexity index is 1160. The van der Waals surface area contributed by atoms with E-state index in [-0.39, 0.29) is 11.0 Å². The largest absolute Gasteiger partial charge is 0.511 e. The van der Waals surface area contributed by atoms with Gasteiger partial charge in [0.25, 0.3) is 0 Å². The molecule has 0 unspecified atom stereocenters. The molecule has 0 amide bonds. The zero-order valence-electron chi connectivity index (χ0n) is 15.0. The van der Waals surface area contributed by atoms with Crippen LogP contribution in [0.5, 0.6) is 5.75 Å². The molecule has 0 atom stereocenters. The van der Waals surface area contributed by atoms with Gasteiger partial charge in [0.15, 0.2) is 22.4 Å². The van der Waals surface area contributed by atoms with Crippen LogP contribution in [0.2, 0.25) is 5.15 Å². The van der Waals surface area contributed by atoms with Gasteiger partial charge in [-0.2, -0.15) is 0 Å². The van der Waals surface area contributed by atoms with E-state index in [1.54, 1.807) is 12.1 Å². The summed E-state index contributed by atoms with van der Waals surface area (Å²) in [5, 5.41) is 8.43. The maximum absolute atomic E-state index is 14.0. The van der Waals surface area contributed by atoms with E-state index >= 15 is 0 Å². The highest BCUT2D eigenvalue weighted by atomic mass is 35.5. The molecular formula is C19H15ClFN3O5. The lowest BCUT2D eigenvalue weighted by Crippen LogP contribution is -2.36. The van der Waals surface area contributed by atoms with Crippen molar-refractivity contribution in [2.24, 2.45) is 0 Å². The number of ether oxygens (including phenoxy) is 2. The van der Waals surface area contributed by atoms with Crippen molar-refractivity contribution in [3.05, 3.63) is 57.7 Å². The Kier molecular flexibility index (Phi) is 5.08. The number of carbonyl (C=O) groups is 1. The minimum absolute atomic E-state index is 0.0832. The van der Waals surface area contributed by atoms with Gasteiger partial charge in [0.1, 0.15) is 0 Å². The van der Waals surface area contributed by atoms with Gasteiger partial charge in [0.05, 0.1) is 36.2 Å². The van der Waals surface area contributed by atoms with Crippen LogP contribution >= 0.6 is 11.6 Å². The lowest BCUT2D eigenvalue weighted by molar-refractivity contribution is 0.122. The smallest absolute Gasteiger partial charge is 0.449 e. The summed E-state index contributed by atoms with van der Waals surface area (Å²) in [4.78, 5) is 29.8. The Labute approximate surface area is 168 Å². The topological polar surface area (TPSA) is 93.9 Å². The van der Waals surface area contributed by atoms with Crippen molar-refractivity contribution in [3.63, 3.8) is 0 Å². The Balaban J connectivity index is 2.01. The van der Waals surface area contributed by atoms with Crippen molar-refractivity contribution >= 4 is 34.5 Å². The molecule has 4 rings (SSSR count). The monoisotopic (exact) mass is 419 g/mol. The molecule has 0 spiro atoms. The number of carboxylic acid groups (broad SMARTS) is 1. The van der Waals surface area contributed by atoms with Gasteiger partial charge in [-0.3, -0.25) is 9.36 Å². The highest BCUT2D eigenvalue weighted by Gasteiger charge is 2.21. The number of anilines is 1. The standard InChI is InChI=1S/C19H15ClFN3O5/c20-17-12(21)9-11-16(25)15(29-19(26)27)10-24(18(11)22-17)14-4-2-1-3-13(14)23-5-7-28-8-6-23/h1-4,9-10H,5-8H2,(H,26,27). The van der Waals surface area contributed by atoms with E-state index in [1.807, 2.05) is 12.1 Å². The first-order valence-corrected chi connectivity index (χ1v) is 9.08. The first-order valence-electron chi connectivity index (χ1n) is 8.70. The molecule has 1 aromatic carbocycles. The summed E-state index contributed by atoms with van der Waals surface area (Å²) in [5.74, 6) is -1.36. The van der Waals surface area contributed by atoms with Crippen LogP contribution in [0.15, 0.2) is 41.3 Å². The summed E-state index contributed by atoms with van der Waals surface area (Å²) in [6.07, 6.45) is -0.434. The highest BCUT2D eigenvalue weighted by molar-refractivity contribution is 6.29. The third-order valence-corrected chi connectivity index (χ3v) is 4.81. The molecule has 0 bridgehead atoms. The zero-order valence-corrected chi connectivity index (χ0v) is 15.7. The van der Waals surface area contributed by atoms with Crippen LogP contribution in [0.3, 0.4) is 0 Å². The predicted octanol–water partition coefficient (Wildman–Crippen LogP) is 3.07. The summed E-state index contributed by atoms with van der Waals surface area (Å²) in [5.41, 5.74) is 0.694. The highest BCUT2D eigenvalue weighted by Crippen LogP contribution is 2.29. The molecule has 2 aromatic heterocycles. The molecule has 3 heterocycles. The second kappa shape index (κ2) is 7.69. The van der Waals surface area contributed by atoms with Crippen LogP contribution in [0.25, 0.3) is 16.7 Å². The molecular weight excluding hydrogens is 405 g/mol. The molecule has 3 aromatic rings. The minimum Gasteiger partial charge on any atom is -0.449 e. The molecule has 8 nitrogen and oxygen atoms in total. The first-order chi connectivity index (χ1) is 14.0. The Hall–Kier alpha value is -3.17. The quantitative estimate of drug-likeness (QED) is 0.515. The fourth-order valence-electron chi connectivity index (χ4n) is 3.27. The van der Waals surface area contributed by atoms with Crippen molar-refractivity contribution < 1.29 is 23.8 Å². The third kappa shape index (κ3) is 3.62. The molecule has 0 saturated carbocycles.